The summed E-state index contributed by atoms with van der Waals surface area (Å²) in [5.41, 5.74) is 3.47. The topological polar surface area (TPSA) is 65.0 Å². The average molecular weight is 445 g/mol. The maximum atomic E-state index is 12.9. The van der Waals surface area contributed by atoms with Gasteiger partial charge in [0.05, 0.1) is 11.5 Å². The van der Waals surface area contributed by atoms with Crippen LogP contribution in [0.3, 0.4) is 0 Å². The molecule has 31 heavy (non-hydrogen) atoms. The van der Waals surface area contributed by atoms with Crippen LogP contribution in [0.1, 0.15) is 66.9 Å². The van der Waals surface area contributed by atoms with Crippen LogP contribution < -0.4 is 5.32 Å². The zero-order chi connectivity index (χ0) is 22.7. The number of nitrogens with one attached hydrogen (secondary N) is 1. The lowest BCUT2D eigenvalue weighted by Crippen LogP contribution is -2.43. The van der Waals surface area contributed by atoms with Crippen LogP contribution in [0.2, 0.25) is 0 Å². The summed E-state index contributed by atoms with van der Waals surface area (Å²) in [4.78, 5) is 35.4. The Hall–Kier alpha value is -1.83. The van der Waals surface area contributed by atoms with Crippen molar-refractivity contribution in [3.8, 4) is 0 Å². The van der Waals surface area contributed by atoms with Crippen LogP contribution in [-0.2, 0) is 4.79 Å². The number of aliphatic imine (C=N–C) groups is 1. The van der Waals surface area contributed by atoms with Gasteiger partial charge in [0.2, 0.25) is 0 Å². The van der Waals surface area contributed by atoms with E-state index >= 15 is 0 Å². The number of rotatable bonds is 7. The molecule has 2 aliphatic rings. The van der Waals surface area contributed by atoms with E-state index < -0.39 is 0 Å². The van der Waals surface area contributed by atoms with Crippen molar-refractivity contribution in [2.24, 2.45) is 10.9 Å². The minimum Gasteiger partial charge on any atom is -0.351 e. The Morgan fingerprint density at radius 3 is 2.55 bits per heavy atom. The number of allylic oxidation sites excluding steroid dienone is 1. The highest BCUT2D eigenvalue weighted by molar-refractivity contribution is 7.10. The number of amides is 2. The van der Waals surface area contributed by atoms with E-state index in [1.165, 1.54) is 17.7 Å². The molecule has 1 aromatic heterocycles. The maximum Gasteiger partial charge on any atom is 0.254 e. The predicted molar refractivity (Wildman–Crippen MR) is 128 cm³/mol. The minimum atomic E-state index is -0.368. The fraction of sp³-hybridized carbons (Fsp3) is 0.625. The van der Waals surface area contributed by atoms with Crippen LogP contribution in [0.25, 0.3) is 0 Å². The van der Waals surface area contributed by atoms with Gasteiger partial charge in [0, 0.05) is 47.7 Å². The first-order valence-electron chi connectivity index (χ1n) is 11.3. The average Bonchev–Trinajstić information content (AvgIpc) is 3.09. The molecule has 2 aliphatic heterocycles. The van der Waals surface area contributed by atoms with E-state index in [-0.39, 0.29) is 24.3 Å². The van der Waals surface area contributed by atoms with Crippen molar-refractivity contribution in [2.45, 2.75) is 59.0 Å². The Bertz CT molecular complexity index is 878. The zero-order valence-corrected chi connectivity index (χ0v) is 20.5. The van der Waals surface area contributed by atoms with E-state index in [1.807, 2.05) is 25.3 Å². The first-order valence-corrected chi connectivity index (χ1v) is 12.1. The molecule has 170 valence electrons. The minimum absolute atomic E-state index is 0.104. The highest BCUT2D eigenvalue weighted by Gasteiger charge is 2.29. The fourth-order valence-electron chi connectivity index (χ4n) is 4.75. The molecule has 6 nitrogen and oxygen atoms in total. The molecule has 7 heteroatoms. The van der Waals surface area contributed by atoms with Gasteiger partial charge < -0.3 is 10.2 Å². The Morgan fingerprint density at radius 2 is 1.97 bits per heavy atom. The van der Waals surface area contributed by atoms with Crippen molar-refractivity contribution in [2.75, 3.05) is 33.7 Å². The van der Waals surface area contributed by atoms with Gasteiger partial charge in [0.1, 0.15) is 0 Å². The van der Waals surface area contributed by atoms with Gasteiger partial charge in [-0.15, -0.1) is 11.3 Å². The molecule has 0 bridgehead atoms. The van der Waals surface area contributed by atoms with Crippen LogP contribution in [0, 0.1) is 12.8 Å². The van der Waals surface area contributed by atoms with Crippen molar-refractivity contribution in [3.05, 3.63) is 33.0 Å². The highest BCUT2D eigenvalue weighted by atomic mass is 32.1. The Kier molecular flexibility index (Phi) is 7.83. The number of thiophene rings is 1. The second-order valence-electron chi connectivity index (χ2n) is 9.04. The van der Waals surface area contributed by atoms with Gasteiger partial charge >= 0.3 is 0 Å². The van der Waals surface area contributed by atoms with Crippen LogP contribution in [0.5, 0.6) is 0 Å². The third-order valence-corrected chi connectivity index (χ3v) is 7.90. The molecule has 1 aromatic rings. The molecular weight excluding hydrogens is 408 g/mol. The third-order valence-electron chi connectivity index (χ3n) is 6.72. The van der Waals surface area contributed by atoms with Gasteiger partial charge in [0.25, 0.3) is 11.8 Å². The van der Waals surface area contributed by atoms with Gasteiger partial charge in [-0.25, -0.2) is 4.99 Å². The molecule has 1 saturated heterocycles. The largest absolute Gasteiger partial charge is 0.351 e. The van der Waals surface area contributed by atoms with Gasteiger partial charge in [0.15, 0.2) is 0 Å². The fourth-order valence-corrected chi connectivity index (χ4v) is 6.04. The van der Waals surface area contributed by atoms with Crippen LogP contribution in [0.4, 0.5) is 0 Å². The molecular formula is C24H36N4O2S. The lowest BCUT2D eigenvalue weighted by molar-refractivity contribution is -0.120. The van der Waals surface area contributed by atoms with Gasteiger partial charge in [-0.3, -0.25) is 14.5 Å². The molecule has 0 radical (unpaired) electrons. The Morgan fingerprint density at radius 1 is 1.29 bits per heavy atom. The summed E-state index contributed by atoms with van der Waals surface area (Å²) in [6.07, 6.45) is 5.32. The molecule has 3 rings (SSSR count). The highest BCUT2D eigenvalue weighted by Crippen LogP contribution is 2.35. The standard InChI is InChI=1S/C24H36N4O2S/c1-7-21(28-10-8-18(9-11-28)27(5)6)22-17(4)20(14-31-22)23(29)25-13-19-15(2)12-16(3)26-24(19)30/h12,14,18-19,21H,7-11,13H2,1-6H3,(H,25,29). The number of hydrogen-bond donors (Lipinski definition) is 1. The summed E-state index contributed by atoms with van der Waals surface area (Å²) in [6, 6.07) is 1.02. The summed E-state index contributed by atoms with van der Waals surface area (Å²) < 4.78 is 0. The molecule has 0 saturated carbocycles. The number of likely N-dealkylation sites (tertiary alicyclic amines) is 1. The van der Waals surface area contributed by atoms with Crippen molar-refractivity contribution in [3.63, 3.8) is 0 Å². The number of hydrogen-bond acceptors (Lipinski definition) is 5. The first-order chi connectivity index (χ1) is 14.7. The van der Waals surface area contributed by atoms with E-state index in [4.69, 9.17) is 0 Å². The van der Waals surface area contributed by atoms with E-state index in [9.17, 15) is 9.59 Å². The second-order valence-corrected chi connectivity index (χ2v) is 9.95. The third kappa shape index (κ3) is 5.33. The van der Waals surface area contributed by atoms with Gasteiger partial charge in [-0.2, -0.15) is 0 Å². The van der Waals surface area contributed by atoms with Gasteiger partial charge in [-0.1, -0.05) is 12.5 Å². The van der Waals surface area contributed by atoms with Crippen molar-refractivity contribution < 1.29 is 9.59 Å². The zero-order valence-electron chi connectivity index (χ0n) is 19.7. The second kappa shape index (κ2) is 10.2. The summed E-state index contributed by atoms with van der Waals surface area (Å²) in [5.74, 6) is -0.645. The lowest BCUT2D eigenvalue weighted by atomic mass is 9.95. The molecule has 3 heterocycles. The summed E-state index contributed by atoms with van der Waals surface area (Å²) >= 11 is 1.69. The SMILES string of the molecule is CCC(c1scc(C(=O)NCC2C(=O)N=C(C)C=C2C)c1C)N1CCC(N(C)C)CC1. The molecule has 2 unspecified atom stereocenters. The van der Waals surface area contributed by atoms with E-state index in [2.05, 4.69) is 48.1 Å². The van der Waals surface area contributed by atoms with Crippen LogP contribution >= 0.6 is 11.3 Å². The van der Waals surface area contributed by atoms with Gasteiger partial charge in [-0.05, 0) is 65.8 Å². The maximum absolute atomic E-state index is 12.9. The van der Waals surface area contributed by atoms with Crippen LogP contribution in [0.15, 0.2) is 22.0 Å². The summed E-state index contributed by atoms with van der Waals surface area (Å²) in [5, 5.41) is 4.95. The van der Waals surface area contributed by atoms with E-state index in [0.717, 1.165) is 41.9 Å². The molecule has 1 N–H and O–H groups in total. The first kappa shape index (κ1) is 23.8. The Labute approximate surface area is 190 Å². The lowest BCUT2D eigenvalue weighted by Gasteiger charge is -2.39. The molecule has 2 amide bonds. The Balaban J connectivity index is 1.65. The molecule has 0 aromatic carbocycles. The summed E-state index contributed by atoms with van der Waals surface area (Å²) in [7, 11) is 4.33. The number of carbonyl (C=O) groups excluding carboxylic acids is 2. The number of carbonyl (C=O) groups is 2. The van der Waals surface area contributed by atoms with Crippen molar-refractivity contribution >= 4 is 28.9 Å². The smallest absolute Gasteiger partial charge is 0.254 e. The van der Waals surface area contributed by atoms with Crippen LogP contribution in [-0.4, -0.2) is 67.1 Å². The molecule has 2 atom stereocenters. The quantitative estimate of drug-likeness (QED) is 0.694. The summed E-state index contributed by atoms with van der Waals surface area (Å²) in [6.45, 7) is 10.5. The van der Waals surface area contributed by atoms with E-state index in [1.54, 1.807) is 11.3 Å². The van der Waals surface area contributed by atoms with Crippen molar-refractivity contribution in [1.82, 2.24) is 15.1 Å². The molecule has 1 fully saturated rings. The van der Waals surface area contributed by atoms with E-state index in [0.29, 0.717) is 12.1 Å². The number of dihydropyridines is 1. The number of piperidine rings is 1. The predicted octanol–water partition coefficient (Wildman–Crippen LogP) is 3.83. The molecule has 0 aliphatic carbocycles. The monoisotopic (exact) mass is 444 g/mol. The normalized spacial score (nSPS) is 21.8. The van der Waals surface area contributed by atoms with Crippen molar-refractivity contribution in [1.29, 1.82) is 0 Å². The number of nitrogens with zero attached hydrogens (tertiary/aromatic N) is 3. The molecule has 0 spiro atoms.